The van der Waals surface area contributed by atoms with Crippen LogP contribution in [0.1, 0.15) is 77.2 Å². The van der Waals surface area contributed by atoms with Crippen molar-refractivity contribution in [2.45, 2.75) is 77.9 Å². The molecule has 0 radical (unpaired) electrons. The lowest BCUT2D eigenvalue weighted by Crippen LogP contribution is -2.56. The Bertz CT molecular complexity index is 619. The van der Waals surface area contributed by atoms with Crippen LogP contribution in [0.5, 0.6) is 0 Å². The molecule has 0 spiro atoms. The van der Waals surface area contributed by atoms with E-state index in [1.54, 1.807) is 0 Å². The van der Waals surface area contributed by atoms with Crippen molar-refractivity contribution >= 4 is 19.2 Å². The topological polar surface area (TPSA) is 53.5 Å². The Morgan fingerprint density at radius 2 is 1.46 bits per heavy atom. The highest BCUT2D eigenvalue weighted by atomic mass is 28.3. The molecule has 0 fully saturated rings. The number of Topliss-reactive ketones (excluding diaryl/α,β-unsaturated/α-hetero) is 1. The molecule has 0 bridgehead atoms. The largest absolute Gasteiger partial charge is 0.362 e. The summed E-state index contributed by atoms with van der Waals surface area (Å²) in [4.78, 5) is 16.9. The van der Waals surface area contributed by atoms with E-state index in [1.165, 1.54) is 0 Å². The van der Waals surface area contributed by atoms with E-state index in [9.17, 15) is 10.3 Å². The van der Waals surface area contributed by atoms with Crippen LogP contribution in [0, 0.1) is 0 Å². The predicted octanol–water partition coefficient (Wildman–Crippen LogP) is 5.88. The van der Waals surface area contributed by atoms with Crippen molar-refractivity contribution in [1.29, 1.82) is 0 Å². The Labute approximate surface area is 148 Å². The fourth-order valence-corrected chi connectivity index (χ4v) is 10.7. The SMILES string of the molecule is CC(C)c1cccc(C(=O)C(=[N+]=[N-])[Si](C(C)C)(C(C)C)C(C)C)c1. The Hall–Kier alpha value is -1.51. The zero-order valence-electron chi connectivity index (χ0n) is 16.4. The van der Waals surface area contributed by atoms with Crippen molar-refractivity contribution < 1.29 is 9.58 Å². The van der Waals surface area contributed by atoms with Crippen molar-refractivity contribution in [3.8, 4) is 0 Å². The van der Waals surface area contributed by atoms with Gasteiger partial charge in [0.05, 0.1) is 0 Å². The number of carbonyl (C=O) groups is 1. The third-order valence-corrected chi connectivity index (χ3v) is 12.3. The quantitative estimate of drug-likeness (QED) is 0.200. The van der Waals surface area contributed by atoms with Crippen molar-refractivity contribution in [2.75, 3.05) is 0 Å². The van der Waals surface area contributed by atoms with Crippen LogP contribution in [0.15, 0.2) is 24.3 Å². The normalized spacial score (nSPS) is 12.2. The summed E-state index contributed by atoms with van der Waals surface area (Å²) in [6, 6.07) is 7.73. The van der Waals surface area contributed by atoms with Gasteiger partial charge in [0.25, 0.3) is 5.78 Å². The summed E-state index contributed by atoms with van der Waals surface area (Å²) in [7, 11) is -2.30. The van der Waals surface area contributed by atoms with E-state index in [0.717, 1.165) is 5.56 Å². The lowest BCUT2D eigenvalue weighted by Gasteiger charge is -2.37. The Balaban J connectivity index is 3.51. The summed E-state index contributed by atoms with van der Waals surface area (Å²) in [5.74, 6) is 0.248. The van der Waals surface area contributed by atoms with E-state index in [0.29, 0.717) is 33.4 Å². The summed E-state index contributed by atoms with van der Waals surface area (Å²) in [6.07, 6.45) is 0. The average molecular weight is 345 g/mol. The number of ketones is 1. The van der Waals surface area contributed by atoms with Gasteiger partial charge in [-0.3, -0.25) is 4.79 Å². The van der Waals surface area contributed by atoms with Gasteiger partial charge in [-0.1, -0.05) is 73.6 Å². The van der Waals surface area contributed by atoms with Gasteiger partial charge in [0, 0.05) is 5.56 Å². The number of hydrogen-bond acceptors (Lipinski definition) is 1. The molecule has 0 amide bonds. The zero-order chi connectivity index (χ0) is 18.7. The molecule has 4 heteroatoms. The standard InChI is InChI=1S/C20H32N2OSi/c1-13(2)17-10-9-11-18(12-17)19(23)20(22-21)24(14(3)4,15(5)6)16(7)8/h9-16H,1-8H3. The first-order valence-electron chi connectivity index (χ1n) is 8.97. The molecule has 0 unspecified atom stereocenters. The molecule has 0 N–H and O–H groups in total. The fourth-order valence-electron chi connectivity index (χ4n) is 4.32. The van der Waals surface area contributed by atoms with Crippen LogP contribution in [-0.4, -0.2) is 24.0 Å². The maximum atomic E-state index is 13.3. The molecular formula is C20H32N2OSi. The third-order valence-electron chi connectivity index (χ3n) is 5.41. The van der Waals surface area contributed by atoms with Crippen LogP contribution in [0.3, 0.4) is 0 Å². The second-order valence-electron chi connectivity index (χ2n) is 7.96. The molecule has 3 nitrogen and oxygen atoms in total. The Morgan fingerprint density at radius 1 is 0.958 bits per heavy atom. The average Bonchev–Trinajstić information content (AvgIpc) is 2.50. The first kappa shape index (κ1) is 20.5. The van der Waals surface area contributed by atoms with Gasteiger partial charge in [0.15, 0.2) is 0 Å². The molecule has 1 aromatic rings. The lowest BCUT2D eigenvalue weighted by atomic mass is 9.99. The van der Waals surface area contributed by atoms with Gasteiger partial charge in [-0.25, -0.2) is 0 Å². The summed E-state index contributed by atoms with van der Waals surface area (Å²) < 4.78 is 0. The third kappa shape index (κ3) is 3.60. The maximum absolute atomic E-state index is 13.3. The second kappa shape index (κ2) is 8.04. The van der Waals surface area contributed by atoms with E-state index in [4.69, 9.17) is 0 Å². The van der Waals surface area contributed by atoms with E-state index in [-0.39, 0.29) is 5.78 Å². The second-order valence-corrected chi connectivity index (χ2v) is 13.8. The molecular weight excluding hydrogens is 312 g/mol. The van der Waals surface area contributed by atoms with E-state index in [2.05, 4.69) is 60.2 Å². The Morgan fingerprint density at radius 3 is 1.83 bits per heavy atom. The summed E-state index contributed by atoms with van der Waals surface area (Å²) >= 11 is 0. The van der Waals surface area contributed by atoms with E-state index < -0.39 is 8.07 Å². The van der Waals surface area contributed by atoms with Crippen molar-refractivity contribution in [2.24, 2.45) is 0 Å². The minimum atomic E-state index is -2.30. The summed E-state index contributed by atoms with van der Waals surface area (Å²) in [5.41, 5.74) is 12.5. The van der Waals surface area contributed by atoms with Crippen molar-refractivity contribution in [1.82, 2.24) is 0 Å². The molecule has 0 saturated carbocycles. The molecule has 0 saturated heterocycles. The zero-order valence-corrected chi connectivity index (χ0v) is 17.4. The first-order valence-corrected chi connectivity index (χ1v) is 11.2. The molecule has 0 aliphatic heterocycles. The van der Waals surface area contributed by atoms with Crippen molar-refractivity contribution in [3.63, 3.8) is 0 Å². The van der Waals surface area contributed by atoms with Crippen LogP contribution < -0.4 is 0 Å². The fraction of sp³-hybridized carbons (Fsp3) is 0.600. The first-order chi connectivity index (χ1) is 11.1. The monoisotopic (exact) mass is 344 g/mol. The van der Waals surface area contributed by atoms with Crippen LogP contribution in [0.25, 0.3) is 5.53 Å². The highest BCUT2D eigenvalue weighted by Gasteiger charge is 2.56. The highest BCUT2D eigenvalue weighted by molar-refractivity contribution is 7.16. The van der Waals surface area contributed by atoms with Gasteiger partial charge < -0.3 is 5.53 Å². The summed E-state index contributed by atoms with van der Waals surface area (Å²) in [5, 5.41) is 0.420. The smallest absolute Gasteiger partial charge is 0.306 e. The number of hydrogen-bond donors (Lipinski definition) is 0. The molecule has 1 aromatic carbocycles. The van der Waals surface area contributed by atoms with Crippen LogP contribution in [-0.2, 0) is 0 Å². The predicted molar refractivity (Wildman–Crippen MR) is 105 cm³/mol. The number of benzene rings is 1. The highest BCUT2D eigenvalue weighted by Crippen LogP contribution is 2.42. The maximum Gasteiger partial charge on any atom is 0.306 e. The van der Waals surface area contributed by atoms with Gasteiger partial charge >= 0.3 is 5.33 Å². The number of nitrogens with zero attached hydrogens (tertiary/aromatic N) is 2. The van der Waals surface area contributed by atoms with Crippen LogP contribution >= 0.6 is 0 Å². The van der Waals surface area contributed by atoms with E-state index >= 15 is 0 Å². The Kier molecular flexibility index (Phi) is 6.88. The molecule has 0 aliphatic rings. The number of rotatable bonds is 7. The van der Waals surface area contributed by atoms with Gasteiger partial charge in [0.2, 0.25) is 8.07 Å². The molecule has 132 valence electrons. The van der Waals surface area contributed by atoms with Gasteiger partial charge in [-0.2, -0.15) is 4.79 Å². The summed E-state index contributed by atoms with van der Waals surface area (Å²) in [6.45, 7) is 17.2. The van der Waals surface area contributed by atoms with Crippen LogP contribution in [0.2, 0.25) is 16.6 Å². The van der Waals surface area contributed by atoms with Gasteiger partial charge in [0.1, 0.15) is 0 Å². The molecule has 0 heterocycles. The van der Waals surface area contributed by atoms with Crippen molar-refractivity contribution in [3.05, 3.63) is 40.9 Å². The minimum Gasteiger partial charge on any atom is -0.362 e. The van der Waals surface area contributed by atoms with Gasteiger partial charge in [-0.15, -0.1) is 0 Å². The molecule has 0 atom stereocenters. The minimum absolute atomic E-state index is 0.109. The molecule has 1 rings (SSSR count). The van der Waals surface area contributed by atoms with Gasteiger partial charge in [-0.05, 0) is 34.2 Å². The number of carbonyl (C=O) groups excluding carboxylic acids is 1. The van der Waals surface area contributed by atoms with E-state index in [1.807, 2.05) is 24.3 Å². The lowest BCUT2D eigenvalue weighted by molar-refractivity contribution is -0.00296. The van der Waals surface area contributed by atoms with Crippen LogP contribution in [0.4, 0.5) is 0 Å². The molecule has 24 heavy (non-hydrogen) atoms. The molecule has 0 aliphatic carbocycles. The molecule has 0 aromatic heterocycles.